The topological polar surface area (TPSA) is 117 Å². The molecule has 0 fully saturated rings. The van der Waals surface area contributed by atoms with Gasteiger partial charge in [0.05, 0.1) is 37.1 Å². The Bertz CT molecular complexity index is 1120. The molecule has 0 aliphatic rings. The lowest BCUT2D eigenvalue weighted by atomic mass is 10.2. The van der Waals surface area contributed by atoms with Crippen molar-refractivity contribution in [2.24, 2.45) is 0 Å². The highest BCUT2D eigenvalue weighted by Crippen LogP contribution is 2.33. The molecule has 29 heavy (non-hydrogen) atoms. The zero-order chi connectivity index (χ0) is 20.4. The fraction of sp³-hybridized carbons (Fsp3) is 0.150. The molecule has 0 unspecified atom stereocenters. The molecule has 2 amide bonds. The summed E-state index contributed by atoms with van der Waals surface area (Å²) < 4.78 is 10.6. The van der Waals surface area contributed by atoms with Crippen molar-refractivity contribution in [3.05, 3.63) is 48.2 Å². The number of anilines is 2. The zero-order valence-corrected chi connectivity index (χ0v) is 16.2. The molecule has 2 aromatic carbocycles. The summed E-state index contributed by atoms with van der Waals surface area (Å²) in [7, 11) is 3.14. The van der Waals surface area contributed by atoms with Crippen molar-refractivity contribution in [1.82, 2.24) is 20.2 Å². The predicted molar refractivity (Wildman–Crippen MR) is 111 cm³/mol. The molecule has 0 saturated carbocycles. The Morgan fingerprint density at radius 2 is 1.76 bits per heavy atom. The van der Waals surface area contributed by atoms with Gasteiger partial charge in [0.25, 0.3) is 0 Å². The SMILES string of the molecule is COc1cc2nc(-c3[nH]ncc3NC(=O)Nc3ccc(C)cc3)[nH]c2cc1OC. The number of H-pyrrole nitrogens is 2. The maximum atomic E-state index is 12.4. The number of hydrogen-bond donors (Lipinski definition) is 4. The third kappa shape index (κ3) is 3.70. The fourth-order valence-corrected chi connectivity index (χ4v) is 2.94. The Balaban J connectivity index is 1.58. The Morgan fingerprint density at radius 1 is 1.03 bits per heavy atom. The highest BCUT2D eigenvalue weighted by molar-refractivity contribution is 6.01. The van der Waals surface area contributed by atoms with Crippen LogP contribution in [0, 0.1) is 6.92 Å². The third-order valence-electron chi connectivity index (χ3n) is 4.42. The number of carbonyl (C=O) groups is 1. The van der Waals surface area contributed by atoms with Crippen LogP contribution < -0.4 is 20.1 Å². The number of nitrogens with one attached hydrogen (secondary N) is 4. The number of urea groups is 1. The lowest BCUT2D eigenvalue weighted by Gasteiger charge is -2.07. The van der Waals surface area contributed by atoms with Crippen molar-refractivity contribution in [1.29, 1.82) is 0 Å². The molecule has 0 bridgehead atoms. The number of methoxy groups -OCH3 is 2. The molecule has 148 valence electrons. The molecule has 4 N–H and O–H groups in total. The second-order valence-corrected chi connectivity index (χ2v) is 6.41. The summed E-state index contributed by atoms with van der Waals surface area (Å²) in [4.78, 5) is 20.1. The molecule has 0 spiro atoms. The number of benzene rings is 2. The van der Waals surface area contributed by atoms with E-state index >= 15 is 0 Å². The molecule has 2 aromatic heterocycles. The van der Waals surface area contributed by atoms with E-state index in [1.54, 1.807) is 26.4 Å². The summed E-state index contributed by atoms with van der Waals surface area (Å²) in [5, 5.41) is 12.5. The highest BCUT2D eigenvalue weighted by atomic mass is 16.5. The standard InChI is InChI=1S/C20H20N6O3/c1-11-4-6-12(7-5-11)22-20(27)25-15-10-21-26-18(15)19-23-13-8-16(28-2)17(29-3)9-14(13)24-19/h4-10H,1-3H3,(H,21,26)(H,23,24)(H2,22,25,27). The van der Waals surface area contributed by atoms with Gasteiger partial charge in [-0.15, -0.1) is 0 Å². The van der Waals surface area contributed by atoms with E-state index in [4.69, 9.17) is 9.47 Å². The molecule has 4 rings (SSSR count). The number of aromatic nitrogens is 4. The number of aromatic amines is 2. The van der Waals surface area contributed by atoms with Gasteiger partial charge in [0, 0.05) is 17.8 Å². The summed E-state index contributed by atoms with van der Waals surface area (Å²) >= 11 is 0. The first-order chi connectivity index (χ1) is 14.1. The third-order valence-corrected chi connectivity index (χ3v) is 4.42. The van der Waals surface area contributed by atoms with Gasteiger partial charge in [-0.25, -0.2) is 9.78 Å². The number of hydrogen-bond acceptors (Lipinski definition) is 5. The van der Waals surface area contributed by atoms with E-state index in [9.17, 15) is 4.79 Å². The zero-order valence-electron chi connectivity index (χ0n) is 16.2. The average molecular weight is 392 g/mol. The van der Waals surface area contributed by atoms with Crippen LogP contribution in [0.25, 0.3) is 22.6 Å². The number of aryl methyl sites for hydroxylation is 1. The van der Waals surface area contributed by atoms with Gasteiger partial charge in [0.2, 0.25) is 0 Å². The van der Waals surface area contributed by atoms with Crippen LogP contribution in [0.1, 0.15) is 5.56 Å². The van der Waals surface area contributed by atoms with Crippen LogP contribution in [0.5, 0.6) is 11.5 Å². The van der Waals surface area contributed by atoms with Crippen LogP contribution in [-0.4, -0.2) is 40.4 Å². The number of fused-ring (bicyclic) bond motifs is 1. The highest BCUT2D eigenvalue weighted by Gasteiger charge is 2.16. The summed E-state index contributed by atoms with van der Waals surface area (Å²) in [6, 6.07) is 10.7. The van der Waals surface area contributed by atoms with Crippen molar-refractivity contribution in [3.63, 3.8) is 0 Å². The lowest BCUT2D eigenvalue weighted by molar-refractivity contribution is 0.262. The summed E-state index contributed by atoms with van der Waals surface area (Å²) in [5.41, 5.74) is 4.32. The van der Waals surface area contributed by atoms with Gasteiger partial charge in [-0.1, -0.05) is 17.7 Å². The average Bonchev–Trinajstić information content (AvgIpc) is 3.34. The van der Waals surface area contributed by atoms with Crippen LogP contribution >= 0.6 is 0 Å². The van der Waals surface area contributed by atoms with E-state index in [1.807, 2.05) is 31.2 Å². The van der Waals surface area contributed by atoms with E-state index in [1.165, 1.54) is 6.20 Å². The van der Waals surface area contributed by atoms with Gasteiger partial charge < -0.3 is 25.1 Å². The molecular formula is C20H20N6O3. The van der Waals surface area contributed by atoms with E-state index in [2.05, 4.69) is 30.8 Å². The van der Waals surface area contributed by atoms with Gasteiger partial charge in [-0.2, -0.15) is 5.10 Å². The first kappa shape index (κ1) is 18.4. The summed E-state index contributed by atoms with van der Waals surface area (Å²) in [6.45, 7) is 1.99. The van der Waals surface area contributed by atoms with Crippen molar-refractivity contribution in [3.8, 4) is 23.0 Å². The second kappa shape index (κ2) is 7.55. The largest absolute Gasteiger partial charge is 0.493 e. The molecule has 0 atom stereocenters. The van der Waals surface area contributed by atoms with Crippen LogP contribution in [0.4, 0.5) is 16.2 Å². The Kier molecular flexibility index (Phi) is 4.78. The molecule has 9 heteroatoms. The van der Waals surface area contributed by atoms with Gasteiger partial charge in [-0.3, -0.25) is 5.10 Å². The fourth-order valence-electron chi connectivity index (χ4n) is 2.94. The molecule has 2 heterocycles. The molecule has 4 aromatic rings. The van der Waals surface area contributed by atoms with E-state index in [0.29, 0.717) is 39.9 Å². The van der Waals surface area contributed by atoms with Crippen LogP contribution in [-0.2, 0) is 0 Å². The van der Waals surface area contributed by atoms with Crippen LogP contribution in [0.15, 0.2) is 42.6 Å². The number of carbonyl (C=O) groups excluding carboxylic acids is 1. The van der Waals surface area contributed by atoms with Gasteiger partial charge in [0.15, 0.2) is 17.3 Å². The number of rotatable bonds is 5. The molecule has 0 radical (unpaired) electrons. The van der Waals surface area contributed by atoms with Crippen molar-refractivity contribution in [2.75, 3.05) is 24.9 Å². The van der Waals surface area contributed by atoms with Crippen LogP contribution in [0.3, 0.4) is 0 Å². The molecule has 0 saturated heterocycles. The maximum Gasteiger partial charge on any atom is 0.323 e. The molecular weight excluding hydrogens is 372 g/mol. The number of imidazole rings is 1. The lowest BCUT2D eigenvalue weighted by Crippen LogP contribution is -2.19. The first-order valence-corrected chi connectivity index (χ1v) is 8.87. The minimum absolute atomic E-state index is 0.379. The first-order valence-electron chi connectivity index (χ1n) is 8.87. The summed E-state index contributed by atoms with van der Waals surface area (Å²) in [6.07, 6.45) is 1.53. The van der Waals surface area contributed by atoms with Crippen molar-refractivity contribution in [2.45, 2.75) is 6.92 Å². The Morgan fingerprint density at radius 3 is 2.48 bits per heavy atom. The van der Waals surface area contributed by atoms with E-state index in [0.717, 1.165) is 11.1 Å². The molecule has 9 nitrogen and oxygen atoms in total. The van der Waals surface area contributed by atoms with Crippen LogP contribution in [0.2, 0.25) is 0 Å². The van der Waals surface area contributed by atoms with Crippen molar-refractivity contribution < 1.29 is 14.3 Å². The number of amides is 2. The second-order valence-electron chi connectivity index (χ2n) is 6.41. The smallest absolute Gasteiger partial charge is 0.323 e. The monoisotopic (exact) mass is 392 g/mol. The number of ether oxygens (including phenoxy) is 2. The van der Waals surface area contributed by atoms with Gasteiger partial charge >= 0.3 is 6.03 Å². The Hall–Kier alpha value is -4.01. The van der Waals surface area contributed by atoms with Gasteiger partial charge in [0.1, 0.15) is 5.69 Å². The van der Waals surface area contributed by atoms with E-state index in [-0.39, 0.29) is 6.03 Å². The Labute approximate surface area is 166 Å². The minimum Gasteiger partial charge on any atom is -0.493 e. The maximum absolute atomic E-state index is 12.4. The predicted octanol–water partition coefficient (Wildman–Crippen LogP) is 3.92. The number of nitrogens with zero attached hydrogens (tertiary/aromatic N) is 2. The van der Waals surface area contributed by atoms with Crippen molar-refractivity contribution >= 4 is 28.4 Å². The normalized spacial score (nSPS) is 10.7. The molecule has 0 aliphatic carbocycles. The quantitative estimate of drug-likeness (QED) is 0.411. The minimum atomic E-state index is -0.379. The van der Waals surface area contributed by atoms with Gasteiger partial charge in [-0.05, 0) is 19.1 Å². The molecule has 0 aliphatic heterocycles. The van der Waals surface area contributed by atoms with E-state index < -0.39 is 0 Å². The summed E-state index contributed by atoms with van der Waals surface area (Å²) in [5.74, 6) is 1.70.